The van der Waals surface area contributed by atoms with Gasteiger partial charge in [0.1, 0.15) is 6.04 Å². The highest BCUT2D eigenvalue weighted by molar-refractivity contribution is 8.02. The SMILES string of the molecule is C=CCN(CCCCC)C(=O)C1N(CCO)C(=O)[C@@H]2[C@H](C(=O)N(CC=C)Cc3ccccc3)[C@@H]3CC(C)C12S3. The number of rotatable bonds is 14. The van der Waals surface area contributed by atoms with Crippen molar-refractivity contribution in [3.05, 3.63) is 61.2 Å². The normalized spacial score (nSPS) is 28.8. The molecule has 1 N–H and O–H groups in total. The Hall–Kier alpha value is -2.58. The van der Waals surface area contributed by atoms with Crippen molar-refractivity contribution in [1.29, 1.82) is 0 Å². The molecular weight excluding hydrogens is 510 g/mol. The highest BCUT2D eigenvalue weighted by Gasteiger charge is 2.76. The van der Waals surface area contributed by atoms with E-state index < -0.39 is 22.6 Å². The average Bonchev–Trinajstić information content (AvgIpc) is 3.52. The maximum atomic E-state index is 14.3. The minimum Gasteiger partial charge on any atom is -0.395 e. The highest BCUT2D eigenvalue weighted by atomic mass is 32.2. The van der Waals surface area contributed by atoms with Gasteiger partial charge in [0.15, 0.2) is 0 Å². The Morgan fingerprint density at radius 1 is 1.13 bits per heavy atom. The Labute approximate surface area is 237 Å². The van der Waals surface area contributed by atoms with Crippen LogP contribution < -0.4 is 0 Å². The fourth-order valence-electron chi connectivity index (χ4n) is 7.00. The minimum atomic E-state index is -0.700. The van der Waals surface area contributed by atoms with Crippen molar-refractivity contribution in [2.45, 2.75) is 62.1 Å². The van der Waals surface area contributed by atoms with Crippen molar-refractivity contribution in [2.75, 3.05) is 32.8 Å². The second kappa shape index (κ2) is 12.7. The van der Waals surface area contributed by atoms with Crippen LogP contribution in [-0.4, -0.2) is 86.4 Å². The molecule has 1 spiro atoms. The van der Waals surface area contributed by atoms with E-state index in [2.05, 4.69) is 27.0 Å². The molecule has 39 heavy (non-hydrogen) atoms. The third kappa shape index (κ3) is 5.30. The fraction of sp³-hybridized carbons (Fsp3) is 0.581. The van der Waals surface area contributed by atoms with Crippen LogP contribution in [0.5, 0.6) is 0 Å². The number of β-amino-alcohol motifs (C(OH)–C–C–N with tert-alkyl or cyclic N) is 1. The summed E-state index contributed by atoms with van der Waals surface area (Å²) in [4.78, 5) is 47.8. The number of unbranched alkanes of at least 4 members (excludes halogenated alkanes) is 2. The molecule has 4 rings (SSSR count). The van der Waals surface area contributed by atoms with Crippen LogP contribution in [0.2, 0.25) is 0 Å². The highest BCUT2D eigenvalue weighted by Crippen LogP contribution is 2.68. The van der Waals surface area contributed by atoms with Gasteiger partial charge in [-0.15, -0.1) is 24.9 Å². The summed E-state index contributed by atoms with van der Waals surface area (Å²) in [6.45, 7) is 13.7. The number of nitrogens with zero attached hydrogens (tertiary/aromatic N) is 3. The van der Waals surface area contributed by atoms with E-state index in [0.29, 0.717) is 26.2 Å². The molecule has 0 saturated carbocycles. The molecule has 2 bridgehead atoms. The standard InChI is InChI=1S/C31H43N3O4S/c1-5-8-12-17-32(15-6-2)30(38)27-31-22(4)20-24(39-31)25(26(31)29(37)34(27)18-19-35)28(36)33(16-7-3)21-23-13-10-9-11-14-23/h6-7,9-11,13-14,22,24-27,35H,2-3,5,8,12,15-21H2,1,4H3/t22?,24-,25+,26-,27?,31?/m0/s1. The molecule has 3 aliphatic heterocycles. The van der Waals surface area contributed by atoms with Gasteiger partial charge in [-0.25, -0.2) is 0 Å². The first-order valence-corrected chi connectivity index (χ1v) is 15.2. The van der Waals surface area contributed by atoms with Crippen LogP contribution in [0.4, 0.5) is 0 Å². The van der Waals surface area contributed by atoms with Gasteiger partial charge in [-0.1, -0.05) is 69.2 Å². The zero-order valence-electron chi connectivity index (χ0n) is 23.3. The summed E-state index contributed by atoms with van der Waals surface area (Å²) >= 11 is 1.68. The van der Waals surface area contributed by atoms with Gasteiger partial charge in [0.25, 0.3) is 0 Å². The smallest absolute Gasteiger partial charge is 0.247 e. The maximum Gasteiger partial charge on any atom is 0.247 e. The molecule has 3 amide bonds. The Morgan fingerprint density at radius 3 is 2.46 bits per heavy atom. The molecule has 3 heterocycles. The monoisotopic (exact) mass is 553 g/mol. The van der Waals surface area contributed by atoms with Crippen LogP contribution in [0.15, 0.2) is 55.6 Å². The Balaban J connectivity index is 1.69. The van der Waals surface area contributed by atoms with Crippen molar-refractivity contribution < 1.29 is 19.5 Å². The predicted octanol–water partition coefficient (Wildman–Crippen LogP) is 3.74. The second-order valence-electron chi connectivity index (χ2n) is 11.1. The van der Waals surface area contributed by atoms with E-state index in [1.807, 2.05) is 35.2 Å². The van der Waals surface area contributed by atoms with Gasteiger partial charge < -0.3 is 19.8 Å². The van der Waals surface area contributed by atoms with Crippen LogP contribution in [0.1, 0.15) is 45.1 Å². The molecule has 0 radical (unpaired) electrons. The number of benzene rings is 1. The molecule has 6 atom stereocenters. The molecule has 212 valence electrons. The van der Waals surface area contributed by atoms with E-state index in [4.69, 9.17) is 0 Å². The molecule has 7 nitrogen and oxygen atoms in total. The zero-order chi connectivity index (χ0) is 28.2. The van der Waals surface area contributed by atoms with Crippen LogP contribution in [-0.2, 0) is 20.9 Å². The van der Waals surface area contributed by atoms with E-state index in [1.54, 1.807) is 33.7 Å². The van der Waals surface area contributed by atoms with Crippen molar-refractivity contribution in [2.24, 2.45) is 17.8 Å². The lowest BCUT2D eigenvalue weighted by Gasteiger charge is -2.41. The van der Waals surface area contributed by atoms with Crippen LogP contribution in [0.25, 0.3) is 0 Å². The third-order valence-corrected chi connectivity index (χ3v) is 10.8. The van der Waals surface area contributed by atoms with Gasteiger partial charge in [0.2, 0.25) is 17.7 Å². The van der Waals surface area contributed by atoms with E-state index in [0.717, 1.165) is 31.2 Å². The third-order valence-electron chi connectivity index (χ3n) is 8.68. The van der Waals surface area contributed by atoms with E-state index in [9.17, 15) is 19.5 Å². The number of hydrogen-bond donors (Lipinski definition) is 1. The Bertz CT molecular complexity index is 1070. The molecule has 3 saturated heterocycles. The summed E-state index contributed by atoms with van der Waals surface area (Å²) in [6.07, 6.45) is 7.19. The van der Waals surface area contributed by atoms with Crippen molar-refractivity contribution in [3.8, 4) is 0 Å². The molecule has 8 heteroatoms. The van der Waals surface area contributed by atoms with Gasteiger partial charge in [-0.05, 0) is 24.3 Å². The van der Waals surface area contributed by atoms with Gasteiger partial charge in [0, 0.05) is 38.0 Å². The molecule has 0 aliphatic carbocycles. The van der Waals surface area contributed by atoms with Gasteiger partial charge in [-0.2, -0.15) is 0 Å². The van der Waals surface area contributed by atoms with Gasteiger partial charge in [0.05, 0.1) is 23.2 Å². The lowest BCUT2D eigenvalue weighted by atomic mass is 9.65. The number of aliphatic hydroxyl groups is 1. The van der Waals surface area contributed by atoms with Crippen molar-refractivity contribution in [1.82, 2.24) is 14.7 Å². The number of likely N-dealkylation sites (tertiary alicyclic amines) is 1. The summed E-state index contributed by atoms with van der Waals surface area (Å²) in [5.74, 6) is -1.32. The number of thioether (sulfide) groups is 1. The van der Waals surface area contributed by atoms with Crippen molar-refractivity contribution >= 4 is 29.5 Å². The van der Waals surface area contributed by atoms with Gasteiger partial charge >= 0.3 is 0 Å². The van der Waals surface area contributed by atoms with Crippen LogP contribution in [0.3, 0.4) is 0 Å². The van der Waals surface area contributed by atoms with E-state index >= 15 is 0 Å². The number of amides is 3. The average molecular weight is 554 g/mol. The predicted molar refractivity (Wildman–Crippen MR) is 156 cm³/mol. The zero-order valence-corrected chi connectivity index (χ0v) is 24.2. The molecule has 3 fully saturated rings. The first-order chi connectivity index (χ1) is 18.8. The molecule has 1 aromatic rings. The molecule has 0 aromatic heterocycles. The van der Waals surface area contributed by atoms with Crippen LogP contribution in [0, 0.1) is 17.8 Å². The number of hydrogen-bond acceptors (Lipinski definition) is 5. The van der Waals surface area contributed by atoms with Crippen LogP contribution >= 0.6 is 11.8 Å². The summed E-state index contributed by atoms with van der Waals surface area (Å²) in [6, 6.07) is 9.14. The van der Waals surface area contributed by atoms with E-state index in [1.165, 1.54) is 0 Å². The summed E-state index contributed by atoms with van der Waals surface area (Å²) in [7, 11) is 0. The second-order valence-corrected chi connectivity index (χ2v) is 12.6. The number of carbonyl (C=O) groups is 3. The number of carbonyl (C=O) groups excluding carboxylic acids is 3. The number of fused-ring (bicyclic) bond motifs is 1. The van der Waals surface area contributed by atoms with Crippen molar-refractivity contribution in [3.63, 3.8) is 0 Å². The molecule has 3 unspecified atom stereocenters. The first-order valence-electron chi connectivity index (χ1n) is 14.3. The quantitative estimate of drug-likeness (QED) is 0.281. The van der Waals surface area contributed by atoms with E-state index in [-0.39, 0.29) is 42.0 Å². The lowest BCUT2D eigenvalue weighted by molar-refractivity contribution is -0.145. The largest absolute Gasteiger partial charge is 0.395 e. The summed E-state index contributed by atoms with van der Waals surface area (Å²) in [5.41, 5.74) is 1.02. The Morgan fingerprint density at radius 2 is 1.82 bits per heavy atom. The summed E-state index contributed by atoms with van der Waals surface area (Å²) in [5, 5.41) is 9.90. The molecular formula is C31H43N3O4S. The lowest BCUT2D eigenvalue weighted by Crippen LogP contribution is -2.57. The topological polar surface area (TPSA) is 81.2 Å². The van der Waals surface area contributed by atoms with Gasteiger partial charge in [-0.3, -0.25) is 14.4 Å². The Kier molecular flexibility index (Phi) is 9.60. The minimum absolute atomic E-state index is 0.0240. The summed E-state index contributed by atoms with van der Waals surface area (Å²) < 4.78 is -0.689. The molecule has 1 aromatic carbocycles. The fourth-order valence-corrected chi connectivity index (χ4v) is 9.41. The maximum absolute atomic E-state index is 14.3. The first kappa shape index (κ1) is 29.4. The number of aliphatic hydroxyl groups excluding tert-OH is 1. The molecule has 3 aliphatic rings.